The summed E-state index contributed by atoms with van der Waals surface area (Å²) < 4.78 is 4.98. The average molecular weight is 294 g/mol. The number of ether oxygens (including phenoxy) is 1. The zero-order chi connectivity index (χ0) is 15.7. The molecule has 0 aliphatic rings. The van der Waals surface area contributed by atoms with E-state index in [0.29, 0.717) is 19.7 Å². The Hall–Kier alpha value is -1.92. The van der Waals surface area contributed by atoms with Gasteiger partial charge in [-0.2, -0.15) is 0 Å². The van der Waals surface area contributed by atoms with Gasteiger partial charge in [-0.1, -0.05) is 18.2 Å². The Morgan fingerprint density at radius 2 is 2.00 bits per heavy atom. The standard InChI is InChI=1S/C15H22N2O4/c1-12-5-3-4-6-13(12)16-14(18)11-17(9-10-21-2)8-7-15(19)20/h3-6H,7-11H2,1-2H3,(H,16,18)(H,19,20). The second-order valence-corrected chi connectivity index (χ2v) is 4.78. The van der Waals surface area contributed by atoms with Crippen LogP contribution in [0.5, 0.6) is 0 Å². The Labute approximate surface area is 124 Å². The first-order valence-corrected chi connectivity index (χ1v) is 6.81. The molecule has 6 nitrogen and oxygen atoms in total. The topological polar surface area (TPSA) is 78.9 Å². The van der Waals surface area contributed by atoms with Crippen molar-refractivity contribution in [1.29, 1.82) is 0 Å². The number of carboxylic acids is 1. The van der Waals surface area contributed by atoms with Crippen LogP contribution in [-0.4, -0.2) is 55.2 Å². The van der Waals surface area contributed by atoms with Gasteiger partial charge >= 0.3 is 5.97 Å². The summed E-state index contributed by atoms with van der Waals surface area (Å²) >= 11 is 0. The third-order valence-electron chi connectivity index (χ3n) is 3.04. The van der Waals surface area contributed by atoms with E-state index in [1.807, 2.05) is 31.2 Å². The third-order valence-corrected chi connectivity index (χ3v) is 3.04. The zero-order valence-corrected chi connectivity index (χ0v) is 12.5. The highest BCUT2D eigenvalue weighted by Crippen LogP contribution is 2.12. The molecule has 0 heterocycles. The minimum Gasteiger partial charge on any atom is -0.481 e. The summed E-state index contributed by atoms with van der Waals surface area (Å²) in [5.74, 6) is -1.04. The van der Waals surface area contributed by atoms with Crippen molar-refractivity contribution in [3.05, 3.63) is 29.8 Å². The Bertz CT molecular complexity index is 476. The Morgan fingerprint density at radius 3 is 2.62 bits per heavy atom. The molecule has 0 bridgehead atoms. The second kappa shape index (κ2) is 9.10. The molecule has 0 aliphatic heterocycles. The van der Waals surface area contributed by atoms with E-state index in [1.165, 1.54) is 0 Å². The molecule has 0 aliphatic carbocycles. The van der Waals surface area contributed by atoms with Crippen molar-refractivity contribution < 1.29 is 19.4 Å². The van der Waals surface area contributed by atoms with Crippen LogP contribution in [0.4, 0.5) is 5.69 Å². The number of nitrogens with one attached hydrogen (secondary N) is 1. The van der Waals surface area contributed by atoms with Crippen LogP contribution in [0.3, 0.4) is 0 Å². The van der Waals surface area contributed by atoms with Crippen LogP contribution in [-0.2, 0) is 14.3 Å². The number of carbonyl (C=O) groups is 2. The van der Waals surface area contributed by atoms with E-state index in [1.54, 1.807) is 12.0 Å². The number of methoxy groups -OCH3 is 1. The van der Waals surface area contributed by atoms with Crippen LogP contribution in [0.1, 0.15) is 12.0 Å². The monoisotopic (exact) mass is 294 g/mol. The predicted molar refractivity (Wildman–Crippen MR) is 80.4 cm³/mol. The maximum absolute atomic E-state index is 12.0. The largest absolute Gasteiger partial charge is 0.481 e. The van der Waals surface area contributed by atoms with Gasteiger partial charge in [0.1, 0.15) is 0 Å². The Kier molecular flexibility index (Phi) is 7.42. The fourth-order valence-electron chi connectivity index (χ4n) is 1.85. The first-order valence-electron chi connectivity index (χ1n) is 6.81. The molecule has 0 radical (unpaired) electrons. The molecule has 2 N–H and O–H groups in total. The molecule has 0 unspecified atom stereocenters. The number of hydrogen-bond acceptors (Lipinski definition) is 4. The molecule has 0 aromatic heterocycles. The number of amides is 1. The van der Waals surface area contributed by atoms with Crippen molar-refractivity contribution in [1.82, 2.24) is 4.90 Å². The van der Waals surface area contributed by atoms with Crippen molar-refractivity contribution in [2.24, 2.45) is 0 Å². The van der Waals surface area contributed by atoms with E-state index < -0.39 is 5.97 Å². The van der Waals surface area contributed by atoms with Crippen molar-refractivity contribution in [2.45, 2.75) is 13.3 Å². The van der Waals surface area contributed by atoms with Gasteiger partial charge in [-0.3, -0.25) is 14.5 Å². The van der Waals surface area contributed by atoms with Gasteiger partial charge in [-0.05, 0) is 18.6 Å². The normalized spacial score (nSPS) is 10.6. The van der Waals surface area contributed by atoms with Gasteiger partial charge in [0.25, 0.3) is 0 Å². The number of anilines is 1. The first kappa shape index (κ1) is 17.1. The lowest BCUT2D eigenvalue weighted by molar-refractivity contribution is -0.137. The van der Waals surface area contributed by atoms with Crippen LogP contribution < -0.4 is 5.32 Å². The highest BCUT2D eigenvalue weighted by Gasteiger charge is 2.12. The number of hydrogen-bond donors (Lipinski definition) is 2. The molecule has 1 rings (SSSR count). The van der Waals surface area contributed by atoms with E-state index in [2.05, 4.69) is 5.32 Å². The van der Waals surface area contributed by atoms with E-state index in [-0.39, 0.29) is 18.9 Å². The van der Waals surface area contributed by atoms with Crippen molar-refractivity contribution in [2.75, 3.05) is 38.7 Å². The van der Waals surface area contributed by atoms with Crippen LogP contribution in [0.25, 0.3) is 0 Å². The average Bonchev–Trinajstić information content (AvgIpc) is 2.44. The third kappa shape index (κ3) is 6.87. The van der Waals surface area contributed by atoms with Gasteiger partial charge in [0.15, 0.2) is 0 Å². The lowest BCUT2D eigenvalue weighted by atomic mass is 10.2. The van der Waals surface area contributed by atoms with E-state index in [4.69, 9.17) is 9.84 Å². The fourth-order valence-corrected chi connectivity index (χ4v) is 1.85. The number of carbonyl (C=O) groups excluding carboxylic acids is 1. The smallest absolute Gasteiger partial charge is 0.304 e. The second-order valence-electron chi connectivity index (χ2n) is 4.78. The maximum atomic E-state index is 12.0. The highest BCUT2D eigenvalue weighted by atomic mass is 16.5. The predicted octanol–water partition coefficient (Wildman–Crippen LogP) is 1.36. The highest BCUT2D eigenvalue weighted by molar-refractivity contribution is 5.92. The van der Waals surface area contributed by atoms with E-state index >= 15 is 0 Å². The molecule has 1 amide bonds. The Balaban J connectivity index is 2.54. The van der Waals surface area contributed by atoms with Crippen LogP contribution in [0.15, 0.2) is 24.3 Å². The molecule has 6 heteroatoms. The number of rotatable bonds is 9. The number of benzene rings is 1. The van der Waals surface area contributed by atoms with E-state index in [9.17, 15) is 9.59 Å². The molecule has 116 valence electrons. The lowest BCUT2D eigenvalue weighted by Crippen LogP contribution is -2.37. The van der Waals surface area contributed by atoms with Crippen molar-refractivity contribution >= 4 is 17.6 Å². The number of para-hydroxylation sites is 1. The summed E-state index contributed by atoms with van der Waals surface area (Å²) in [5.41, 5.74) is 1.76. The molecule has 0 saturated carbocycles. The molecular formula is C15H22N2O4. The molecule has 0 fully saturated rings. The minimum atomic E-state index is -0.878. The summed E-state index contributed by atoms with van der Waals surface area (Å²) in [4.78, 5) is 24.5. The quantitative estimate of drug-likeness (QED) is 0.719. The van der Waals surface area contributed by atoms with Crippen LogP contribution in [0.2, 0.25) is 0 Å². The van der Waals surface area contributed by atoms with E-state index in [0.717, 1.165) is 11.3 Å². The Morgan fingerprint density at radius 1 is 1.29 bits per heavy atom. The van der Waals surface area contributed by atoms with Crippen molar-refractivity contribution in [3.63, 3.8) is 0 Å². The van der Waals surface area contributed by atoms with Crippen LogP contribution in [0, 0.1) is 6.92 Å². The molecule has 0 saturated heterocycles. The number of aliphatic carboxylic acids is 1. The van der Waals surface area contributed by atoms with Gasteiger partial charge in [0.05, 0.1) is 19.6 Å². The summed E-state index contributed by atoms with van der Waals surface area (Å²) in [6.07, 6.45) is 0.00135. The molecule has 1 aromatic rings. The maximum Gasteiger partial charge on any atom is 0.304 e. The molecule has 0 atom stereocenters. The summed E-state index contributed by atoms with van der Waals surface area (Å²) in [7, 11) is 1.57. The molecule has 1 aromatic carbocycles. The van der Waals surface area contributed by atoms with Gasteiger partial charge in [0.2, 0.25) is 5.91 Å². The van der Waals surface area contributed by atoms with Gasteiger partial charge in [0, 0.05) is 25.9 Å². The molecule has 21 heavy (non-hydrogen) atoms. The number of aryl methyl sites for hydroxylation is 1. The van der Waals surface area contributed by atoms with Gasteiger partial charge in [-0.25, -0.2) is 0 Å². The van der Waals surface area contributed by atoms with Crippen LogP contribution >= 0.6 is 0 Å². The minimum absolute atomic E-state index is 0.00135. The van der Waals surface area contributed by atoms with Crippen molar-refractivity contribution in [3.8, 4) is 0 Å². The van der Waals surface area contributed by atoms with Gasteiger partial charge in [-0.15, -0.1) is 0 Å². The number of nitrogens with zero attached hydrogens (tertiary/aromatic N) is 1. The molecule has 0 spiro atoms. The summed E-state index contributed by atoms with van der Waals surface area (Å²) in [6.45, 7) is 3.36. The number of carboxylic acid groups (broad SMARTS) is 1. The zero-order valence-electron chi connectivity index (χ0n) is 12.5. The SMILES string of the molecule is COCCN(CCC(=O)O)CC(=O)Nc1ccccc1C. The van der Waals surface area contributed by atoms with Gasteiger partial charge < -0.3 is 15.2 Å². The fraction of sp³-hybridized carbons (Fsp3) is 0.467. The summed E-state index contributed by atoms with van der Waals surface area (Å²) in [6, 6.07) is 7.52. The summed E-state index contributed by atoms with van der Waals surface area (Å²) in [5, 5.41) is 11.6. The first-order chi connectivity index (χ1) is 10.0. The lowest BCUT2D eigenvalue weighted by Gasteiger charge is -2.20. The molecular weight excluding hydrogens is 272 g/mol.